The van der Waals surface area contributed by atoms with Gasteiger partial charge in [0.15, 0.2) is 0 Å². The standard InChI is InChI=1S/C45H51FN6O6/c1-57-40-23-39(35(46)22-34(40)42-32(28-5-3-2-4-6-28)9-7-29-21-31(53)8-10-33(29)42)51-17-15-27(16-18-51)24-50-19-20-52-30(25-50)26-58-45-38(52)13-11-37(48-45)43(55)47-36-12-14-41(54)49-44(36)56/h2-6,8,10-11,13,21-23,27,30,32,36,42,44,53,56H,7,9,12,14-20,24-26H2,1H3,(H,47,55)(H,49,54)/t30-,32-,36+,42+,44?/m1/s1. The van der Waals surface area contributed by atoms with Crippen molar-refractivity contribution in [3.05, 3.63) is 107 Å². The van der Waals surface area contributed by atoms with E-state index in [0.29, 0.717) is 36.3 Å². The largest absolute Gasteiger partial charge is 0.508 e. The normalized spacial score (nSPS) is 24.8. The summed E-state index contributed by atoms with van der Waals surface area (Å²) in [5.41, 5.74) is 5.91. The third kappa shape index (κ3) is 7.53. The Bertz CT molecular complexity index is 2160. The van der Waals surface area contributed by atoms with Gasteiger partial charge in [0.1, 0.15) is 41.5 Å². The van der Waals surface area contributed by atoms with Gasteiger partial charge in [-0.3, -0.25) is 14.5 Å². The Hall–Kier alpha value is -5.40. The molecule has 13 heteroatoms. The van der Waals surface area contributed by atoms with Crippen molar-refractivity contribution in [3.63, 3.8) is 0 Å². The van der Waals surface area contributed by atoms with Gasteiger partial charge in [0.05, 0.1) is 24.9 Å². The van der Waals surface area contributed by atoms with E-state index in [1.54, 1.807) is 25.3 Å². The summed E-state index contributed by atoms with van der Waals surface area (Å²) in [5, 5.41) is 25.7. The number of nitrogens with one attached hydrogen (secondary N) is 2. The number of aliphatic hydroxyl groups is 1. The summed E-state index contributed by atoms with van der Waals surface area (Å²) in [7, 11) is 1.67. The van der Waals surface area contributed by atoms with Crippen LogP contribution in [0.1, 0.15) is 76.7 Å². The van der Waals surface area contributed by atoms with Gasteiger partial charge in [0.2, 0.25) is 11.8 Å². The molecule has 0 saturated carbocycles. The molecule has 5 heterocycles. The van der Waals surface area contributed by atoms with E-state index < -0.39 is 18.2 Å². The molecular weight excluding hydrogens is 740 g/mol. The van der Waals surface area contributed by atoms with Crippen LogP contribution in [0.25, 0.3) is 0 Å². The van der Waals surface area contributed by atoms with Gasteiger partial charge in [0.25, 0.3) is 5.91 Å². The second-order valence-corrected chi connectivity index (χ2v) is 16.5. The number of phenolic OH excluding ortho intramolecular Hbond substituents is 1. The average Bonchev–Trinajstić information content (AvgIpc) is 3.24. The molecule has 3 aromatic carbocycles. The van der Waals surface area contributed by atoms with Crippen molar-refractivity contribution in [2.24, 2.45) is 5.92 Å². The maximum Gasteiger partial charge on any atom is 0.270 e. The first-order chi connectivity index (χ1) is 28.2. The van der Waals surface area contributed by atoms with Crippen LogP contribution < -0.4 is 29.9 Å². The molecular formula is C45H51FN6O6. The number of hydrogen-bond acceptors (Lipinski definition) is 10. The van der Waals surface area contributed by atoms with Gasteiger partial charge >= 0.3 is 0 Å². The molecule has 1 aliphatic carbocycles. The number of halogens is 1. The Morgan fingerprint density at radius 1 is 0.966 bits per heavy atom. The number of hydrogen-bond donors (Lipinski definition) is 4. The number of fused-ring (bicyclic) bond motifs is 4. The Labute approximate surface area is 338 Å². The third-order valence-corrected chi connectivity index (χ3v) is 13.0. The number of aromatic nitrogens is 1. The van der Waals surface area contributed by atoms with Crippen LogP contribution in [0.5, 0.6) is 17.4 Å². The number of piperidine rings is 2. The molecule has 5 aliphatic rings. The molecule has 0 bridgehead atoms. The van der Waals surface area contributed by atoms with E-state index in [-0.39, 0.29) is 47.5 Å². The van der Waals surface area contributed by atoms with Crippen LogP contribution in [-0.4, -0.2) is 103 Å². The fraction of sp³-hybridized carbons (Fsp3) is 0.444. The van der Waals surface area contributed by atoms with Crippen LogP contribution in [-0.2, 0) is 11.2 Å². The number of aryl methyl sites for hydroxylation is 1. The van der Waals surface area contributed by atoms with Gasteiger partial charge in [0, 0.05) is 63.2 Å². The summed E-state index contributed by atoms with van der Waals surface area (Å²) in [6.07, 6.45) is 3.11. The first-order valence-corrected chi connectivity index (χ1v) is 20.6. The second kappa shape index (κ2) is 16.1. The highest BCUT2D eigenvalue weighted by Crippen LogP contribution is 2.50. The average molecular weight is 791 g/mol. The summed E-state index contributed by atoms with van der Waals surface area (Å²) in [6.45, 7) is 5.52. The van der Waals surface area contributed by atoms with Gasteiger partial charge in [-0.2, -0.15) is 0 Å². The van der Waals surface area contributed by atoms with Gasteiger partial charge in [-0.15, -0.1) is 0 Å². The first kappa shape index (κ1) is 38.1. The van der Waals surface area contributed by atoms with Crippen molar-refractivity contribution in [1.29, 1.82) is 0 Å². The number of methoxy groups -OCH3 is 1. The van der Waals surface area contributed by atoms with Crippen LogP contribution in [0.15, 0.2) is 72.8 Å². The molecule has 12 nitrogen and oxygen atoms in total. The fourth-order valence-electron chi connectivity index (χ4n) is 9.97. The lowest BCUT2D eigenvalue weighted by Crippen LogP contribution is -2.58. The number of benzene rings is 3. The van der Waals surface area contributed by atoms with E-state index in [4.69, 9.17) is 9.47 Å². The minimum absolute atomic E-state index is 0.116. The minimum Gasteiger partial charge on any atom is -0.508 e. The zero-order valence-electron chi connectivity index (χ0n) is 32.8. The number of rotatable bonds is 8. The van der Waals surface area contributed by atoms with E-state index in [2.05, 4.69) is 54.6 Å². The van der Waals surface area contributed by atoms with Crippen molar-refractivity contribution in [2.45, 2.75) is 68.7 Å². The summed E-state index contributed by atoms with van der Waals surface area (Å²) in [6, 6.07) is 22.8. The molecule has 3 saturated heterocycles. The molecule has 1 aromatic heterocycles. The van der Waals surface area contributed by atoms with Gasteiger partial charge in [-0.1, -0.05) is 36.4 Å². The Morgan fingerprint density at radius 3 is 2.59 bits per heavy atom. The summed E-state index contributed by atoms with van der Waals surface area (Å²) < 4.78 is 28.5. The molecule has 58 heavy (non-hydrogen) atoms. The molecule has 0 spiro atoms. The summed E-state index contributed by atoms with van der Waals surface area (Å²) in [5.74, 6) is 0.982. The van der Waals surface area contributed by atoms with Gasteiger partial charge in [-0.05, 0) is 91.0 Å². The monoisotopic (exact) mass is 790 g/mol. The zero-order valence-corrected chi connectivity index (χ0v) is 32.8. The summed E-state index contributed by atoms with van der Waals surface area (Å²) in [4.78, 5) is 36.0. The highest BCUT2D eigenvalue weighted by molar-refractivity contribution is 5.93. The smallest absolute Gasteiger partial charge is 0.270 e. The quantitative estimate of drug-likeness (QED) is 0.195. The molecule has 3 fully saturated rings. The molecule has 5 atom stereocenters. The number of piperazine rings is 1. The number of pyridine rings is 1. The zero-order chi connectivity index (χ0) is 39.9. The van der Waals surface area contributed by atoms with E-state index in [1.165, 1.54) is 5.56 Å². The predicted molar refractivity (Wildman–Crippen MR) is 217 cm³/mol. The SMILES string of the molecule is COc1cc(N2CCC(CN3CCN4c5ccc(C(=O)N[C@H]6CCC(=O)NC6O)nc5OC[C@H]4C3)CC2)c(F)cc1[C@@H]1c2ccc(O)cc2CC[C@@H]1c1ccccc1. The van der Waals surface area contributed by atoms with E-state index >= 15 is 4.39 Å². The molecule has 4 aromatic rings. The molecule has 0 radical (unpaired) electrons. The van der Waals surface area contributed by atoms with Crippen molar-refractivity contribution >= 4 is 23.2 Å². The van der Waals surface area contributed by atoms with Crippen molar-refractivity contribution < 1.29 is 33.7 Å². The minimum atomic E-state index is -1.13. The maximum absolute atomic E-state index is 16.4. The topological polar surface area (TPSA) is 140 Å². The van der Waals surface area contributed by atoms with Crippen LogP contribution in [0.3, 0.4) is 0 Å². The van der Waals surface area contributed by atoms with Crippen molar-refractivity contribution in [1.82, 2.24) is 20.5 Å². The van der Waals surface area contributed by atoms with Gasteiger partial charge in [-0.25, -0.2) is 9.37 Å². The second-order valence-electron chi connectivity index (χ2n) is 16.5. The molecule has 4 N–H and O–H groups in total. The number of ether oxygens (including phenoxy) is 2. The first-order valence-electron chi connectivity index (χ1n) is 20.6. The molecule has 304 valence electrons. The molecule has 4 aliphatic heterocycles. The van der Waals surface area contributed by atoms with Crippen molar-refractivity contribution in [2.75, 3.05) is 62.8 Å². The molecule has 9 rings (SSSR count). The van der Waals surface area contributed by atoms with Gasteiger partial charge < -0.3 is 40.1 Å². The fourth-order valence-corrected chi connectivity index (χ4v) is 9.97. The highest BCUT2D eigenvalue weighted by atomic mass is 19.1. The highest BCUT2D eigenvalue weighted by Gasteiger charge is 2.38. The lowest BCUT2D eigenvalue weighted by atomic mass is 9.69. The Morgan fingerprint density at radius 2 is 1.79 bits per heavy atom. The number of aliphatic hydroxyl groups excluding tert-OH is 1. The van der Waals surface area contributed by atoms with E-state index in [0.717, 1.165) is 87.3 Å². The Kier molecular flexibility index (Phi) is 10.6. The lowest BCUT2D eigenvalue weighted by molar-refractivity contribution is -0.127. The predicted octanol–water partition coefficient (Wildman–Crippen LogP) is 4.92. The number of carbonyl (C=O) groups is 2. The number of anilines is 2. The number of phenols is 1. The number of nitrogens with zero attached hydrogens (tertiary/aromatic N) is 4. The Balaban J connectivity index is 0.826. The van der Waals surface area contributed by atoms with E-state index in [9.17, 15) is 19.8 Å². The van der Waals surface area contributed by atoms with Crippen molar-refractivity contribution in [3.8, 4) is 17.4 Å². The summed E-state index contributed by atoms with van der Waals surface area (Å²) >= 11 is 0. The van der Waals surface area contributed by atoms with Crippen LogP contribution in [0, 0.1) is 11.7 Å². The third-order valence-electron chi connectivity index (χ3n) is 13.0. The molecule has 2 amide bonds. The van der Waals surface area contributed by atoms with Crippen LogP contribution >= 0.6 is 0 Å². The molecule has 1 unspecified atom stereocenters. The number of carbonyl (C=O) groups excluding carboxylic acids is 2. The number of aromatic hydroxyl groups is 1. The van der Waals surface area contributed by atoms with Crippen LogP contribution in [0.4, 0.5) is 15.8 Å². The maximum atomic E-state index is 16.4. The van der Waals surface area contributed by atoms with Crippen LogP contribution in [0.2, 0.25) is 0 Å². The van der Waals surface area contributed by atoms with E-state index in [1.807, 2.05) is 30.3 Å². The number of amides is 2. The lowest BCUT2D eigenvalue weighted by Gasteiger charge is -2.46.